The Morgan fingerprint density at radius 3 is 2.69 bits per heavy atom. The second-order valence-corrected chi connectivity index (χ2v) is 4.83. The lowest BCUT2D eigenvalue weighted by Gasteiger charge is -2.19. The number of rotatable bonds is 2. The van der Waals surface area contributed by atoms with Gasteiger partial charge in [-0.05, 0) is 37.4 Å². The maximum Gasteiger partial charge on any atom is 0.130 e. The zero-order valence-corrected chi connectivity index (χ0v) is 10.1. The van der Waals surface area contributed by atoms with Crippen LogP contribution in [0.1, 0.15) is 23.2 Å². The molecule has 2 rings (SSSR count). The van der Waals surface area contributed by atoms with Crippen LogP contribution in [-0.4, -0.2) is 4.98 Å². The Balaban J connectivity index is 2.56. The molecule has 0 aromatic carbocycles. The van der Waals surface area contributed by atoms with Crippen molar-refractivity contribution in [3.63, 3.8) is 0 Å². The van der Waals surface area contributed by atoms with Gasteiger partial charge < -0.3 is 0 Å². The van der Waals surface area contributed by atoms with Crippen LogP contribution in [0.4, 0.5) is 0 Å². The maximum absolute atomic E-state index is 9.42. The maximum atomic E-state index is 9.42. The molecule has 0 saturated carbocycles. The van der Waals surface area contributed by atoms with Crippen molar-refractivity contribution in [2.24, 2.45) is 0 Å². The van der Waals surface area contributed by atoms with E-state index in [0.717, 1.165) is 16.3 Å². The number of pyridine rings is 1. The van der Waals surface area contributed by atoms with Crippen molar-refractivity contribution in [2.45, 2.75) is 19.3 Å². The van der Waals surface area contributed by atoms with Gasteiger partial charge >= 0.3 is 0 Å². The highest BCUT2D eigenvalue weighted by atomic mass is 32.1. The minimum absolute atomic E-state index is 0.639. The first-order chi connectivity index (χ1) is 7.66. The van der Waals surface area contributed by atoms with Crippen molar-refractivity contribution in [2.75, 3.05) is 0 Å². The summed E-state index contributed by atoms with van der Waals surface area (Å²) in [4.78, 5) is 5.49. The van der Waals surface area contributed by atoms with Crippen LogP contribution >= 0.6 is 11.3 Å². The fraction of sp³-hybridized carbons (Fsp3) is 0.231. The van der Waals surface area contributed by atoms with E-state index in [1.165, 1.54) is 0 Å². The normalized spacial score (nSPS) is 14.1. The van der Waals surface area contributed by atoms with Crippen LogP contribution < -0.4 is 0 Å². The van der Waals surface area contributed by atoms with E-state index in [2.05, 4.69) is 11.1 Å². The first kappa shape index (κ1) is 10.8. The molecule has 2 nitrogen and oxygen atoms in total. The third kappa shape index (κ3) is 1.72. The van der Waals surface area contributed by atoms with E-state index in [4.69, 9.17) is 0 Å². The molecular formula is C13H12N2S. The standard InChI is InChI=1S/C13H12N2S/c1-10-5-3-6-11(15-10)13(2,9-14)12-7-4-8-16-12/h3-8H,1-2H3. The van der Waals surface area contributed by atoms with Gasteiger partial charge in [0, 0.05) is 10.6 Å². The molecule has 80 valence electrons. The van der Waals surface area contributed by atoms with Crippen molar-refractivity contribution >= 4 is 11.3 Å². The fourth-order valence-electron chi connectivity index (χ4n) is 1.62. The fourth-order valence-corrected chi connectivity index (χ4v) is 2.47. The Kier molecular flexibility index (Phi) is 2.76. The monoisotopic (exact) mass is 228 g/mol. The minimum atomic E-state index is -0.639. The summed E-state index contributed by atoms with van der Waals surface area (Å²) in [5, 5.41) is 11.4. The smallest absolute Gasteiger partial charge is 0.130 e. The number of hydrogen-bond donors (Lipinski definition) is 0. The van der Waals surface area contributed by atoms with Crippen LogP contribution in [0.25, 0.3) is 0 Å². The van der Waals surface area contributed by atoms with Gasteiger partial charge in [-0.15, -0.1) is 11.3 Å². The number of nitriles is 1. The van der Waals surface area contributed by atoms with Gasteiger partial charge in [0.15, 0.2) is 0 Å². The quantitative estimate of drug-likeness (QED) is 0.791. The van der Waals surface area contributed by atoms with Gasteiger partial charge in [0.05, 0.1) is 11.8 Å². The van der Waals surface area contributed by atoms with Crippen LogP contribution in [0.5, 0.6) is 0 Å². The lowest BCUT2D eigenvalue weighted by atomic mass is 9.86. The Hall–Kier alpha value is -1.66. The largest absolute Gasteiger partial charge is 0.256 e. The summed E-state index contributed by atoms with van der Waals surface area (Å²) in [7, 11) is 0. The predicted octanol–water partition coefficient (Wildman–Crippen LogP) is 3.28. The van der Waals surface area contributed by atoms with Gasteiger partial charge in [-0.1, -0.05) is 12.1 Å². The molecule has 0 spiro atoms. The van der Waals surface area contributed by atoms with E-state index in [-0.39, 0.29) is 0 Å². The van der Waals surface area contributed by atoms with Crippen molar-refractivity contribution in [1.29, 1.82) is 5.26 Å². The zero-order chi connectivity index (χ0) is 11.6. The summed E-state index contributed by atoms with van der Waals surface area (Å²) in [6.07, 6.45) is 0. The molecule has 2 heterocycles. The van der Waals surface area contributed by atoms with Crippen molar-refractivity contribution < 1.29 is 0 Å². The molecule has 2 aromatic heterocycles. The molecule has 0 fully saturated rings. The summed E-state index contributed by atoms with van der Waals surface area (Å²) >= 11 is 1.59. The molecule has 1 atom stereocenters. The summed E-state index contributed by atoms with van der Waals surface area (Å²) in [6.45, 7) is 3.86. The first-order valence-corrected chi connectivity index (χ1v) is 5.94. The van der Waals surface area contributed by atoms with E-state index >= 15 is 0 Å². The molecule has 3 heteroatoms. The number of hydrogen-bond acceptors (Lipinski definition) is 3. The van der Waals surface area contributed by atoms with Crippen molar-refractivity contribution in [3.05, 3.63) is 52.0 Å². The molecule has 2 aromatic rings. The van der Waals surface area contributed by atoms with Crippen LogP contribution in [0.15, 0.2) is 35.7 Å². The Labute approximate surface area is 99.2 Å². The molecule has 0 aliphatic heterocycles. The SMILES string of the molecule is Cc1cccc(C(C)(C#N)c2cccs2)n1. The molecule has 0 N–H and O–H groups in total. The Morgan fingerprint density at radius 2 is 2.12 bits per heavy atom. The average Bonchev–Trinajstić information content (AvgIpc) is 2.82. The van der Waals surface area contributed by atoms with E-state index < -0.39 is 5.41 Å². The highest BCUT2D eigenvalue weighted by molar-refractivity contribution is 7.10. The zero-order valence-electron chi connectivity index (χ0n) is 9.27. The Bertz CT molecular complexity index is 525. The molecule has 16 heavy (non-hydrogen) atoms. The van der Waals surface area contributed by atoms with Gasteiger partial charge in [-0.3, -0.25) is 4.98 Å². The second-order valence-electron chi connectivity index (χ2n) is 3.88. The van der Waals surface area contributed by atoms with Crippen LogP contribution in [0.2, 0.25) is 0 Å². The molecule has 1 unspecified atom stereocenters. The second kappa shape index (κ2) is 4.07. The molecule has 0 bridgehead atoms. The summed E-state index contributed by atoms with van der Waals surface area (Å²) in [5.74, 6) is 0. The topological polar surface area (TPSA) is 36.7 Å². The van der Waals surface area contributed by atoms with Gasteiger partial charge in [0.2, 0.25) is 0 Å². The third-order valence-corrected chi connectivity index (χ3v) is 3.73. The van der Waals surface area contributed by atoms with Crippen LogP contribution in [0, 0.1) is 18.3 Å². The van der Waals surface area contributed by atoms with Crippen LogP contribution in [-0.2, 0) is 5.41 Å². The number of aromatic nitrogens is 1. The molecule has 0 aliphatic carbocycles. The van der Waals surface area contributed by atoms with Gasteiger partial charge in [-0.2, -0.15) is 5.26 Å². The average molecular weight is 228 g/mol. The highest BCUT2D eigenvalue weighted by Gasteiger charge is 2.31. The predicted molar refractivity (Wildman–Crippen MR) is 65.4 cm³/mol. The molecule has 0 aliphatic rings. The van der Waals surface area contributed by atoms with Gasteiger partial charge in [0.1, 0.15) is 5.41 Å². The number of aryl methyl sites for hydroxylation is 1. The summed E-state index contributed by atoms with van der Waals surface area (Å²) in [5.41, 5.74) is 1.12. The summed E-state index contributed by atoms with van der Waals surface area (Å²) < 4.78 is 0. The highest BCUT2D eigenvalue weighted by Crippen LogP contribution is 2.33. The van der Waals surface area contributed by atoms with E-state index in [1.807, 2.05) is 49.6 Å². The van der Waals surface area contributed by atoms with Crippen LogP contribution in [0.3, 0.4) is 0 Å². The van der Waals surface area contributed by atoms with Crippen molar-refractivity contribution in [1.82, 2.24) is 4.98 Å². The minimum Gasteiger partial charge on any atom is -0.256 e. The van der Waals surface area contributed by atoms with Crippen molar-refractivity contribution in [3.8, 4) is 6.07 Å². The number of thiophene rings is 1. The first-order valence-electron chi connectivity index (χ1n) is 5.06. The van der Waals surface area contributed by atoms with Gasteiger partial charge in [0.25, 0.3) is 0 Å². The molecular weight excluding hydrogens is 216 g/mol. The lowest BCUT2D eigenvalue weighted by Crippen LogP contribution is -2.21. The van der Waals surface area contributed by atoms with E-state index in [9.17, 15) is 5.26 Å². The molecule has 0 radical (unpaired) electrons. The third-order valence-electron chi connectivity index (χ3n) is 2.64. The number of nitrogens with zero attached hydrogens (tertiary/aromatic N) is 2. The molecule has 0 amide bonds. The molecule has 0 saturated heterocycles. The Morgan fingerprint density at radius 1 is 1.31 bits per heavy atom. The van der Waals surface area contributed by atoms with E-state index in [0.29, 0.717) is 0 Å². The summed E-state index contributed by atoms with van der Waals surface area (Å²) in [6, 6.07) is 12.1. The van der Waals surface area contributed by atoms with E-state index in [1.54, 1.807) is 11.3 Å². The van der Waals surface area contributed by atoms with Gasteiger partial charge in [-0.25, -0.2) is 0 Å². The lowest BCUT2D eigenvalue weighted by molar-refractivity contribution is 0.721.